The van der Waals surface area contributed by atoms with E-state index < -0.39 is 46.7 Å². The molecule has 12 heteroatoms. The minimum absolute atomic E-state index is 0.109. The zero-order chi connectivity index (χ0) is 46.1. The Morgan fingerprint density at radius 1 is 0.318 bits per heavy atom. The van der Waals surface area contributed by atoms with Crippen molar-refractivity contribution in [2.45, 2.75) is 12.4 Å². The fourth-order valence-corrected chi connectivity index (χ4v) is 8.72. The quantitative estimate of drug-likeness (QED) is 0.111. The van der Waals surface area contributed by atoms with E-state index in [0.717, 1.165) is 47.2 Å². The standard InChI is InChI=1S/C54H30F10N2/c55-43-29-45(57)49(27-41(43)33-9-7-11-35(25-33)53(59,60)61)65(37-13-3-1-4-14-37)47-23-19-31-18-22-40-48(24-20-32-17-21-39(47)51(31)52(32)40)66(38-15-5-2-6-16-38)50-28-42(44(56)30-46(50)58)34-10-8-12-36(26-34)54(62,63)64/h1-30H. The highest BCUT2D eigenvalue weighted by atomic mass is 19.4. The molecule has 0 aliphatic carbocycles. The van der Waals surface area contributed by atoms with Crippen molar-refractivity contribution >= 4 is 66.4 Å². The topological polar surface area (TPSA) is 6.48 Å². The monoisotopic (exact) mass is 896 g/mol. The van der Waals surface area contributed by atoms with Gasteiger partial charge in [-0.25, -0.2) is 17.6 Å². The van der Waals surface area contributed by atoms with E-state index >= 15 is 17.6 Å². The fraction of sp³-hybridized carbons (Fsp3) is 0.0370. The molecule has 0 heterocycles. The first-order valence-electron chi connectivity index (χ1n) is 20.4. The van der Waals surface area contributed by atoms with Crippen LogP contribution in [0.1, 0.15) is 11.1 Å². The number of halogens is 10. The van der Waals surface area contributed by atoms with Gasteiger partial charge in [0.15, 0.2) is 0 Å². The van der Waals surface area contributed by atoms with Crippen molar-refractivity contribution in [3.05, 3.63) is 216 Å². The van der Waals surface area contributed by atoms with Crippen LogP contribution < -0.4 is 9.80 Å². The van der Waals surface area contributed by atoms with E-state index in [4.69, 9.17) is 0 Å². The zero-order valence-corrected chi connectivity index (χ0v) is 34.0. The molecule has 0 amide bonds. The lowest BCUT2D eigenvalue weighted by Gasteiger charge is -2.30. The lowest BCUT2D eigenvalue weighted by atomic mass is 9.91. The van der Waals surface area contributed by atoms with Gasteiger partial charge in [-0.15, -0.1) is 0 Å². The highest BCUT2D eigenvalue weighted by molar-refractivity contribution is 6.28. The van der Waals surface area contributed by atoms with Gasteiger partial charge in [-0.2, -0.15) is 26.3 Å². The molecule has 0 aliphatic rings. The highest BCUT2D eigenvalue weighted by Crippen LogP contribution is 2.49. The van der Waals surface area contributed by atoms with Crippen LogP contribution in [0.15, 0.2) is 182 Å². The number of alkyl halides is 6. The molecule has 10 aromatic carbocycles. The Morgan fingerprint density at radius 2 is 0.697 bits per heavy atom. The highest BCUT2D eigenvalue weighted by Gasteiger charge is 2.33. The molecule has 0 saturated carbocycles. The normalized spacial score (nSPS) is 12.1. The molecule has 0 N–H and O–H groups in total. The zero-order valence-electron chi connectivity index (χ0n) is 34.0. The first-order chi connectivity index (χ1) is 31.7. The molecule has 10 rings (SSSR count). The van der Waals surface area contributed by atoms with E-state index in [1.165, 1.54) is 24.3 Å². The van der Waals surface area contributed by atoms with E-state index in [1.807, 2.05) is 36.4 Å². The maximum atomic E-state index is 16.4. The molecular formula is C54H30F10N2. The maximum absolute atomic E-state index is 16.4. The Hall–Kier alpha value is -7.86. The van der Waals surface area contributed by atoms with Crippen LogP contribution in [-0.2, 0) is 12.4 Å². The summed E-state index contributed by atoms with van der Waals surface area (Å²) in [5.74, 6) is -4.09. The lowest BCUT2D eigenvalue weighted by molar-refractivity contribution is -0.138. The number of hydrogen-bond donors (Lipinski definition) is 0. The predicted molar refractivity (Wildman–Crippen MR) is 240 cm³/mol. The average molecular weight is 897 g/mol. The maximum Gasteiger partial charge on any atom is 0.416 e. The smallest absolute Gasteiger partial charge is 0.307 e. The average Bonchev–Trinajstić information content (AvgIpc) is 3.30. The van der Waals surface area contributed by atoms with Crippen molar-refractivity contribution in [1.29, 1.82) is 0 Å². The molecule has 0 bridgehead atoms. The minimum atomic E-state index is -4.71. The Balaban J connectivity index is 1.19. The van der Waals surface area contributed by atoms with Crippen molar-refractivity contribution in [3.8, 4) is 22.3 Å². The third kappa shape index (κ3) is 7.37. The number of benzene rings is 10. The summed E-state index contributed by atoms with van der Waals surface area (Å²) in [6, 6.07) is 43.8. The number of rotatable bonds is 8. The van der Waals surface area contributed by atoms with E-state index in [0.29, 0.717) is 56.4 Å². The van der Waals surface area contributed by atoms with Gasteiger partial charge in [0.2, 0.25) is 0 Å². The fourth-order valence-electron chi connectivity index (χ4n) is 8.72. The summed E-state index contributed by atoms with van der Waals surface area (Å²) in [4.78, 5) is 3.14. The summed E-state index contributed by atoms with van der Waals surface area (Å²) >= 11 is 0. The molecule has 0 spiro atoms. The molecule has 0 fully saturated rings. The second kappa shape index (κ2) is 16.0. The largest absolute Gasteiger partial charge is 0.416 e. The molecule has 0 aliphatic heterocycles. The number of nitrogens with zero attached hydrogens (tertiary/aromatic N) is 2. The van der Waals surface area contributed by atoms with E-state index in [-0.39, 0.29) is 33.6 Å². The first-order valence-corrected chi connectivity index (χ1v) is 20.4. The molecular weight excluding hydrogens is 867 g/mol. The summed E-state index contributed by atoms with van der Waals surface area (Å²) in [6.07, 6.45) is -9.43. The van der Waals surface area contributed by atoms with Gasteiger partial charge in [0.25, 0.3) is 0 Å². The molecule has 66 heavy (non-hydrogen) atoms. The van der Waals surface area contributed by atoms with Crippen molar-refractivity contribution in [1.82, 2.24) is 0 Å². The van der Waals surface area contributed by atoms with Gasteiger partial charge < -0.3 is 9.80 Å². The van der Waals surface area contributed by atoms with Crippen molar-refractivity contribution < 1.29 is 43.9 Å². The Morgan fingerprint density at radius 3 is 1.08 bits per heavy atom. The van der Waals surface area contributed by atoms with Crippen LogP contribution in [-0.4, -0.2) is 0 Å². The van der Waals surface area contributed by atoms with Gasteiger partial charge in [-0.1, -0.05) is 97.1 Å². The van der Waals surface area contributed by atoms with Gasteiger partial charge >= 0.3 is 12.4 Å². The van der Waals surface area contributed by atoms with Crippen LogP contribution in [0.5, 0.6) is 0 Å². The van der Waals surface area contributed by atoms with Crippen LogP contribution >= 0.6 is 0 Å². The van der Waals surface area contributed by atoms with Crippen molar-refractivity contribution in [2.24, 2.45) is 0 Å². The summed E-state index contributed by atoms with van der Waals surface area (Å²) in [6.45, 7) is 0. The molecule has 0 saturated heterocycles. The second-order valence-corrected chi connectivity index (χ2v) is 15.7. The van der Waals surface area contributed by atoms with Gasteiger partial charge in [-0.05, 0) is 105 Å². The summed E-state index contributed by atoms with van der Waals surface area (Å²) in [5, 5.41) is 4.11. The SMILES string of the molecule is Fc1cc(F)c(N(c2ccccc2)c2ccc3ccc4c(N(c5ccccc5)c5cc(-c6cccc(C(F)(F)F)c6)c(F)cc5F)ccc5ccc2c3c54)cc1-c1cccc(C(F)(F)F)c1. The van der Waals surface area contributed by atoms with E-state index in [2.05, 4.69) is 0 Å². The molecule has 0 atom stereocenters. The van der Waals surface area contributed by atoms with Gasteiger partial charge in [0.05, 0.1) is 33.9 Å². The summed E-state index contributed by atoms with van der Waals surface area (Å²) < 4.78 is 147. The lowest BCUT2D eigenvalue weighted by Crippen LogP contribution is -2.14. The van der Waals surface area contributed by atoms with E-state index in [1.54, 1.807) is 82.6 Å². The van der Waals surface area contributed by atoms with E-state index in [9.17, 15) is 26.3 Å². The van der Waals surface area contributed by atoms with Crippen molar-refractivity contribution in [2.75, 3.05) is 9.80 Å². The van der Waals surface area contributed by atoms with Gasteiger partial charge in [0, 0.05) is 45.4 Å². The van der Waals surface area contributed by atoms with Crippen LogP contribution in [0.2, 0.25) is 0 Å². The molecule has 0 radical (unpaired) electrons. The van der Waals surface area contributed by atoms with Crippen LogP contribution in [0.25, 0.3) is 54.6 Å². The first kappa shape index (κ1) is 42.1. The Kier molecular flexibility index (Phi) is 10.2. The molecule has 0 unspecified atom stereocenters. The summed E-state index contributed by atoms with van der Waals surface area (Å²) in [7, 11) is 0. The van der Waals surface area contributed by atoms with Crippen LogP contribution in [0.4, 0.5) is 78.0 Å². The third-order valence-corrected chi connectivity index (χ3v) is 11.7. The minimum Gasteiger partial charge on any atom is -0.307 e. The van der Waals surface area contributed by atoms with Gasteiger partial charge in [-0.3, -0.25) is 0 Å². The van der Waals surface area contributed by atoms with Crippen LogP contribution in [0, 0.1) is 23.3 Å². The molecule has 0 aromatic heterocycles. The Bertz CT molecular complexity index is 3230. The number of hydrogen-bond acceptors (Lipinski definition) is 2. The Labute approximate surface area is 370 Å². The predicted octanol–water partition coefficient (Wildman–Crippen LogP) is 17.5. The summed E-state index contributed by atoms with van der Waals surface area (Å²) in [5.41, 5.74) is -1.26. The number of anilines is 6. The molecule has 10 aromatic rings. The third-order valence-electron chi connectivity index (χ3n) is 11.7. The molecule has 326 valence electrons. The van der Waals surface area contributed by atoms with Crippen LogP contribution in [0.3, 0.4) is 0 Å². The van der Waals surface area contributed by atoms with Gasteiger partial charge in [0.1, 0.15) is 23.3 Å². The number of para-hydroxylation sites is 2. The molecule has 2 nitrogen and oxygen atoms in total. The second-order valence-electron chi connectivity index (χ2n) is 15.7. The van der Waals surface area contributed by atoms with Crippen molar-refractivity contribution in [3.63, 3.8) is 0 Å².